The Bertz CT molecular complexity index is 337. The van der Waals surface area contributed by atoms with Crippen LogP contribution in [0.2, 0.25) is 0 Å². The van der Waals surface area contributed by atoms with E-state index >= 15 is 0 Å². The number of carbonyl (C=O) groups excluding carboxylic acids is 1. The zero-order valence-corrected chi connectivity index (χ0v) is 8.32. The van der Waals surface area contributed by atoms with E-state index in [0.717, 1.165) is 5.69 Å². The fourth-order valence-corrected chi connectivity index (χ4v) is 1.21. The van der Waals surface area contributed by atoms with Gasteiger partial charge in [-0.3, -0.25) is 4.79 Å². The highest BCUT2D eigenvalue weighted by Gasteiger charge is 2.20. The Labute approximate surface area is 83.1 Å². The van der Waals surface area contributed by atoms with Gasteiger partial charge >= 0.3 is 0 Å². The van der Waals surface area contributed by atoms with Gasteiger partial charge in [-0.2, -0.15) is 5.26 Å². The van der Waals surface area contributed by atoms with Crippen molar-refractivity contribution in [3.8, 4) is 6.07 Å². The van der Waals surface area contributed by atoms with Gasteiger partial charge < -0.3 is 9.88 Å². The van der Waals surface area contributed by atoms with Crippen molar-refractivity contribution >= 4 is 11.6 Å². The first-order valence-corrected chi connectivity index (χ1v) is 4.50. The van der Waals surface area contributed by atoms with Crippen LogP contribution in [-0.4, -0.2) is 17.9 Å². The standard InChI is InChI=1S/C10H13N3O/c1-3-8(6-11)10(14)13(2)9-4-5-12-7-9/h4-5,7-8,12H,3H2,1-2H3. The van der Waals surface area contributed by atoms with Crippen LogP contribution in [-0.2, 0) is 4.79 Å². The Hall–Kier alpha value is -1.76. The molecule has 1 aromatic rings. The molecule has 0 saturated carbocycles. The maximum absolute atomic E-state index is 11.7. The molecule has 0 bridgehead atoms. The van der Waals surface area contributed by atoms with E-state index in [1.807, 2.05) is 13.0 Å². The van der Waals surface area contributed by atoms with Crippen LogP contribution < -0.4 is 4.90 Å². The quantitative estimate of drug-likeness (QED) is 0.787. The molecule has 4 heteroatoms. The monoisotopic (exact) mass is 191 g/mol. The van der Waals surface area contributed by atoms with Crippen molar-refractivity contribution < 1.29 is 4.79 Å². The van der Waals surface area contributed by atoms with E-state index < -0.39 is 5.92 Å². The Morgan fingerprint density at radius 3 is 2.93 bits per heavy atom. The second-order valence-electron chi connectivity index (χ2n) is 3.06. The number of aromatic amines is 1. The smallest absolute Gasteiger partial charge is 0.244 e. The topological polar surface area (TPSA) is 59.9 Å². The Morgan fingerprint density at radius 1 is 1.79 bits per heavy atom. The fourth-order valence-electron chi connectivity index (χ4n) is 1.21. The van der Waals surface area contributed by atoms with E-state index in [1.54, 1.807) is 25.5 Å². The molecule has 1 amide bonds. The van der Waals surface area contributed by atoms with Crippen LogP contribution in [0.25, 0.3) is 0 Å². The van der Waals surface area contributed by atoms with E-state index in [1.165, 1.54) is 4.90 Å². The summed E-state index contributed by atoms with van der Waals surface area (Å²) in [6, 6.07) is 3.79. The molecule has 14 heavy (non-hydrogen) atoms. The van der Waals surface area contributed by atoms with E-state index in [-0.39, 0.29) is 5.91 Å². The summed E-state index contributed by atoms with van der Waals surface area (Å²) in [4.78, 5) is 16.1. The molecule has 1 unspecified atom stereocenters. The number of H-pyrrole nitrogens is 1. The van der Waals surface area contributed by atoms with E-state index in [4.69, 9.17) is 5.26 Å². The molecule has 74 valence electrons. The third-order valence-corrected chi connectivity index (χ3v) is 2.16. The van der Waals surface area contributed by atoms with Gasteiger partial charge in [0, 0.05) is 19.4 Å². The largest absolute Gasteiger partial charge is 0.366 e. The lowest BCUT2D eigenvalue weighted by Crippen LogP contribution is -2.31. The average molecular weight is 191 g/mol. The molecule has 1 N–H and O–H groups in total. The van der Waals surface area contributed by atoms with Crippen molar-refractivity contribution in [1.82, 2.24) is 4.98 Å². The van der Waals surface area contributed by atoms with Gasteiger partial charge in [-0.05, 0) is 12.5 Å². The summed E-state index contributed by atoms with van der Waals surface area (Å²) in [6.45, 7) is 1.83. The SMILES string of the molecule is CCC(C#N)C(=O)N(C)c1cc[nH]c1. The number of hydrogen-bond acceptors (Lipinski definition) is 2. The number of rotatable bonds is 3. The molecule has 4 nitrogen and oxygen atoms in total. The van der Waals surface area contributed by atoms with Gasteiger partial charge in [0.25, 0.3) is 0 Å². The summed E-state index contributed by atoms with van der Waals surface area (Å²) in [5, 5.41) is 8.74. The Morgan fingerprint density at radius 2 is 2.50 bits per heavy atom. The van der Waals surface area contributed by atoms with Crippen molar-refractivity contribution in [2.45, 2.75) is 13.3 Å². The van der Waals surface area contributed by atoms with Crippen LogP contribution in [0, 0.1) is 17.2 Å². The van der Waals surface area contributed by atoms with Gasteiger partial charge in [0.2, 0.25) is 5.91 Å². The first-order chi connectivity index (χ1) is 6.70. The number of anilines is 1. The number of nitriles is 1. The van der Waals surface area contributed by atoms with Crippen LogP contribution >= 0.6 is 0 Å². The first-order valence-electron chi connectivity index (χ1n) is 4.50. The average Bonchev–Trinajstić information content (AvgIpc) is 2.71. The van der Waals surface area contributed by atoms with Crippen molar-refractivity contribution in [2.75, 3.05) is 11.9 Å². The summed E-state index contributed by atoms with van der Waals surface area (Å²) >= 11 is 0. The second-order valence-corrected chi connectivity index (χ2v) is 3.06. The van der Waals surface area contributed by atoms with Crippen molar-refractivity contribution in [1.29, 1.82) is 5.26 Å². The zero-order valence-electron chi connectivity index (χ0n) is 8.32. The van der Waals surface area contributed by atoms with Crippen molar-refractivity contribution in [3.05, 3.63) is 18.5 Å². The first kappa shape index (κ1) is 10.3. The van der Waals surface area contributed by atoms with Gasteiger partial charge in [0.1, 0.15) is 5.92 Å². The minimum Gasteiger partial charge on any atom is -0.366 e. The molecule has 1 atom stereocenters. The minimum atomic E-state index is -0.546. The van der Waals surface area contributed by atoms with Crippen LogP contribution in [0.4, 0.5) is 5.69 Å². The molecule has 0 spiro atoms. The number of carbonyl (C=O) groups is 1. The van der Waals surface area contributed by atoms with E-state index in [0.29, 0.717) is 6.42 Å². The lowest BCUT2D eigenvalue weighted by Gasteiger charge is -2.17. The molecule has 0 aliphatic carbocycles. The van der Waals surface area contributed by atoms with E-state index in [2.05, 4.69) is 4.98 Å². The van der Waals surface area contributed by atoms with Crippen LogP contribution in [0.1, 0.15) is 13.3 Å². The Balaban J connectivity index is 2.76. The lowest BCUT2D eigenvalue weighted by atomic mass is 10.1. The van der Waals surface area contributed by atoms with Gasteiger partial charge in [-0.15, -0.1) is 0 Å². The van der Waals surface area contributed by atoms with Crippen LogP contribution in [0.15, 0.2) is 18.5 Å². The molecule has 0 saturated heterocycles. The molecule has 0 radical (unpaired) electrons. The summed E-state index contributed by atoms with van der Waals surface area (Å²) in [5.74, 6) is -0.704. The molecule has 0 aliphatic heterocycles. The number of amides is 1. The predicted octanol–water partition coefficient (Wildman–Crippen LogP) is 1.53. The van der Waals surface area contributed by atoms with Gasteiger partial charge in [-0.25, -0.2) is 0 Å². The van der Waals surface area contributed by atoms with Crippen LogP contribution in [0.3, 0.4) is 0 Å². The highest BCUT2D eigenvalue weighted by atomic mass is 16.2. The summed E-state index contributed by atoms with van der Waals surface area (Å²) in [7, 11) is 1.67. The maximum Gasteiger partial charge on any atom is 0.244 e. The van der Waals surface area contributed by atoms with Gasteiger partial charge in [0.05, 0.1) is 11.8 Å². The molecule has 0 aliphatic rings. The van der Waals surface area contributed by atoms with Crippen LogP contribution in [0.5, 0.6) is 0 Å². The molecular formula is C10H13N3O. The van der Waals surface area contributed by atoms with Crippen molar-refractivity contribution in [3.63, 3.8) is 0 Å². The number of hydrogen-bond donors (Lipinski definition) is 1. The third-order valence-electron chi connectivity index (χ3n) is 2.16. The molecule has 1 heterocycles. The summed E-state index contributed by atoms with van der Waals surface area (Å²) < 4.78 is 0. The normalized spacial score (nSPS) is 11.8. The summed E-state index contributed by atoms with van der Waals surface area (Å²) in [5.41, 5.74) is 0.781. The van der Waals surface area contributed by atoms with E-state index in [9.17, 15) is 4.79 Å². The highest BCUT2D eigenvalue weighted by Crippen LogP contribution is 2.14. The molecule has 0 aromatic carbocycles. The van der Waals surface area contributed by atoms with Crippen molar-refractivity contribution in [2.24, 2.45) is 5.92 Å². The maximum atomic E-state index is 11.7. The summed E-state index contributed by atoms with van der Waals surface area (Å²) in [6.07, 6.45) is 4.01. The molecule has 1 rings (SSSR count). The number of nitrogens with zero attached hydrogens (tertiary/aromatic N) is 2. The number of nitrogens with one attached hydrogen (secondary N) is 1. The number of aromatic nitrogens is 1. The lowest BCUT2D eigenvalue weighted by molar-refractivity contribution is -0.120. The highest BCUT2D eigenvalue weighted by molar-refractivity contribution is 5.95. The molecule has 1 aromatic heterocycles. The van der Waals surface area contributed by atoms with Gasteiger partial charge in [-0.1, -0.05) is 6.92 Å². The third kappa shape index (κ3) is 1.94. The minimum absolute atomic E-state index is 0.158. The zero-order chi connectivity index (χ0) is 10.6. The van der Waals surface area contributed by atoms with Gasteiger partial charge in [0.15, 0.2) is 0 Å². The predicted molar refractivity (Wildman–Crippen MR) is 53.6 cm³/mol. The fraction of sp³-hybridized carbons (Fsp3) is 0.400. The molecule has 0 fully saturated rings. The Kier molecular flexibility index (Phi) is 3.29. The molecular weight excluding hydrogens is 178 g/mol. The second kappa shape index (κ2) is 4.47.